The third-order valence-corrected chi connectivity index (χ3v) is 4.95. The summed E-state index contributed by atoms with van der Waals surface area (Å²) in [6.45, 7) is 1.98. The summed E-state index contributed by atoms with van der Waals surface area (Å²) >= 11 is 7.55. The van der Waals surface area contributed by atoms with Crippen molar-refractivity contribution in [2.24, 2.45) is 0 Å². The SMILES string of the molecule is CC(c1cccc(Cl)c1)N(C)C(=O)CCSc1ccc(F)cc1. The molecule has 5 heteroatoms. The molecule has 23 heavy (non-hydrogen) atoms. The molecule has 0 N–H and O–H groups in total. The van der Waals surface area contributed by atoms with Gasteiger partial charge in [0.1, 0.15) is 5.82 Å². The van der Waals surface area contributed by atoms with E-state index in [0.717, 1.165) is 10.5 Å². The van der Waals surface area contributed by atoms with Crippen molar-refractivity contribution in [2.45, 2.75) is 24.3 Å². The highest BCUT2D eigenvalue weighted by molar-refractivity contribution is 7.99. The van der Waals surface area contributed by atoms with Gasteiger partial charge in [0, 0.05) is 29.1 Å². The normalized spacial score (nSPS) is 12.0. The molecule has 2 aromatic rings. The first-order valence-electron chi connectivity index (χ1n) is 7.37. The molecule has 0 bridgehead atoms. The molecule has 2 nitrogen and oxygen atoms in total. The molecule has 0 radical (unpaired) electrons. The molecule has 0 fully saturated rings. The van der Waals surface area contributed by atoms with Crippen molar-refractivity contribution in [3.8, 4) is 0 Å². The van der Waals surface area contributed by atoms with E-state index in [1.165, 1.54) is 12.1 Å². The Labute approximate surface area is 145 Å². The van der Waals surface area contributed by atoms with Gasteiger partial charge >= 0.3 is 0 Å². The maximum absolute atomic E-state index is 12.8. The Morgan fingerprint density at radius 3 is 2.61 bits per heavy atom. The molecular weight excluding hydrogens is 333 g/mol. The number of rotatable bonds is 6. The van der Waals surface area contributed by atoms with Crippen LogP contribution in [0, 0.1) is 5.82 Å². The van der Waals surface area contributed by atoms with E-state index in [-0.39, 0.29) is 17.8 Å². The van der Waals surface area contributed by atoms with Crippen LogP contribution in [-0.4, -0.2) is 23.6 Å². The Morgan fingerprint density at radius 1 is 1.26 bits per heavy atom. The summed E-state index contributed by atoms with van der Waals surface area (Å²) in [5, 5.41) is 0.669. The number of carbonyl (C=O) groups excluding carboxylic acids is 1. The minimum Gasteiger partial charge on any atom is -0.339 e. The first-order valence-corrected chi connectivity index (χ1v) is 8.73. The number of nitrogens with zero attached hydrogens (tertiary/aromatic N) is 1. The van der Waals surface area contributed by atoms with Crippen molar-refractivity contribution in [2.75, 3.05) is 12.8 Å². The van der Waals surface area contributed by atoms with Crippen molar-refractivity contribution in [3.63, 3.8) is 0 Å². The highest BCUT2D eigenvalue weighted by Crippen LogP contribution is 2.24. The Bertz CT molecular complexity index is 662. The van der Waals surface area contributed by atoms with Crippen LogP contribution in [-0.2, 0) is 4.79 Å². The van der Waals surface area contributed by atoms with Gasteiger partial charge in [-0.1, -0.05) is 23.7 Å². The molecule has 2 aromatic carbocycles. The molecular formula is C18H19ClFNOS. The highest BCUT2D eigenvalue weighted by Gasteiger charge is 2.17. The van der Waals surface area contributed by atoms with Crippen LogP contribution in [0.15, 0.2) is 53.4 Å². The number of halogens is 2. The lowest BCUT2D eigenvalue weighted by molar-refractivity contribution is -0.131. The summed E-state index contributed by atoms with van der Waals surface area (Å²) in [5.41, 5.74) is 1.01. The van der Waals surface area contributed by atoms with Crippen molar-refractivity contribution >= 4 is 29.3 Å². The van der Waals surface area contributed by atoms with Gasteiger partial charge in [-0.05, 0) is 48.9 Å². The van der Waals surface area contributed by atoms with Crippen LogP contribution in [0.2, 0.25) is 5.02 Å². The zero-order chi connectivity index (χ0) is 16.8. The Kier molecular flexibility index (Phi) is 6.48. The van der Waals surface area contributed by atoms with Crippen LogP contribution < -0.4 is 0 Å². The number of benzene rings is 2. The first-order chi connectivity index (χ1) is 11.0. The molecule has 1 amide bonds. The van der Waals surface area contributed by atoms with E-state index < -0.39 is 0 Å². The highest BCUT2D eigenvalue weighted by atomic mass is 35.5. The van der Waals surface area contributed by atoms with Crippen LogP contribution in [0.5, 0.6) is 0 Å². The second-order valence-corrected chi connectivity index (χ2v) is 6.89. The van der Waals surface area contributed by atoms with Gasteiger partial charge < -0.3 is 4.90 Å². The Balaban J connectivity index is 1.86. The standard InChI is InChI=1S/C18H19ClFNOS/c1-13(14-4-3-5-15(19)12-14)21(2)18(22)10-11-23-17-8-6-16(20)7-9-17/h3-9,12-13H,10-11H2,1-2H3. The lowest BCUT2D eigenvalue weighted by Crippen LogP contribution is -2.29. The number of carbonyl (C=O) groups is 1. The number of hydrogen-bond acceptors (Lipinski definition) is 2. The molecule has 0 aliphatic carbocycles. The molecule has 0 aliphatic heterocycles. The Morgan fingerprint density at radius 2 is 1.96 bits per heavy atom. The van der Waals surface area contributed by atoms with Crippen LogP contribution in [0.25, 0.3) is 0 Å². The van der Waals surface area contributed by atoms with E-state index in [2.05, 4.69) is 0 Å². The number of amides is 1. The summed E-state index contributed by atoms with van der Waals surface area (Å²) in [4.78, 5) is 15.0. The van der Waals surface area contributed by atoms with E-state index in [4.69, 9.17) is 11.6 Å². The van der Waals surface area contributed by atoms with Gasteiger partial charge in [0.05, 0.1) is 6.04 Å². The van der Waals surface area contributed by atoms with Gasteiger partial charge in [0.25, 0.3) is 0 Å². The van der Waals surface area contributed by atoms with Crippen LogP contribution in [0.3, 0.4) is 0 Å². The van der Waals surface area contributed by atoms with Gasteiger partial charge in [-0.15, -0.1) is 11.8 Å². The first kappa shape index (κ1) is 17.8. The maximum atomic E-state index is 12.8. The Hall–Kier alpha value is -1.52. The molecule has 0 heterocycles. The number of thioether (sulfide) groups is 1. The largest absolute Gasteiger partial charge is 0.339 e. The molecule has 1 atom stereocenters. The molecule has 0 spiro atoms. The molecule has 1 unspecified atom stereocenters. The lowest BCUT2D eigenvalue weighted by Gasteiger charge is -2.25. The lowest BCUT2D eigenvalue weighted by atomic mass is 10.1. The smallest absolute Gasteiger partial charge is 0.223 e. The summed E-state index contributed by atoms with van der Waals surface area (Å²) in [6, 6.07) is 13.8. The molecule has 0 saturated carbocycles. The zero-order valence-electron chi connectivity index (χ0n) is 13.1. The van der Waals surface area contributed by atoms with E-state index in [0.29, 0.717) is 17.2 Å². The second kappa shape index (κ2) is 8.37. The third kappa shape index (κ3) is 5.26. The van der Waals surface area contributed by atoms with Crippen LogP contribution in [0.4, 0.5) is 4.39 Å². The van der Waals surface area contributed by atoms with Gasteiger partial charge in [0.2, 0.25) is 5.91 Å². The van der Waals surface area contributed by atoms with Crippen LogP contribution >= 0.6 is 23.4 Å². The maximum Gasteiger partial charge on any atom is 0.223 e. The fraction of sp³-hybridized carbons (Fsp3) is 0.278. The fourth-order valence-corrected chi connectivity index (χ4v) is 3.21. The summed E-state index contributed by atoms with van der Waals surface area (Å²) in [7, 11) is 1.80. The third-order valence-electron chi connectivity index (χ3n) is 3.70. The van der Waals surface area contributed by atoms with Crippen LogP contribution in [0.1, 0.15) is 24.9 Å². The van der Waals surface area contributed by atoms with Gasteiger partial charge in [-0.25, -0.2) is 4.39 Å². The van der Waals surface area contributed by atoms with E-state index in [1.807, 2.05) is 31.2 Å². The topological polar surface area (TPSA) is 20.3 Å². The van der Waals surface area contributed by atoms with E-state index in [1.54, 1.807) is 35.8 Å². The molecule has 122 valence electrons. The molecule has 2 rings (SSSR count). The zero-order valence-corrected chi connectivity index (χ0v) is 14.7. The minimum absolute atomic E-state index is 0.0305. The van der Waals surface area contributed by atoms with Crippen molar-refractivity contribution in [3.05, 3.63) is 64.9 Å². The monoisotopic (exact) mass is 351 g/mol. The summed E-state index contributed by atoms with van der Waals surface area (Å²) < 4.78 is 12.8. The van der Waals surface area contributed by atoms with Gasteiger partial charge in [-0.3, -0.25) is 4.79 Å². The average molecular weight is 352 g/mol. The van der Waals surface area contributed by atoms with Crippen molar-refractivity contribution in [1.82, 2.24) is 4.90 Å². The molecule has 0 aromatic heterocycles. The minimum atomic E-state index is -0.250. The van der Waals surface area contributed by atoms with Crippen molar-refractivity contribution in [1.29, 1.82) is 0 Å². The second-order valence-electron chi connectivity index (χ2n) is 5.29. The van der Waals surface area contributed by atoms with Gasteiger partial charge in [0.15, 0.2) is 0 Å². The van der Waals surface area contributed by atoms with E-state index in [9.17, 15) is 9.18 Å². The molecule has 0 saturated heterocycles. The number of hydrogen-bond donors (Lipinski definition) is 0. The van der Waals surface area contributed by atoms with Crippen molar-refractivity contribution < 1.29 is 9.18 Å². The fourth-order valence-electron chi connectivity index (χ4n) is 2.17. The summed E-state index contributed by atoms with van der Waals surface area (Å²) in [6.07, 6.45) is 0.434. The quantitative estimate of drug-likeness (QED) is 0.668. The predicted octanol–water partition coefficient (Wildman–Crippen LogP) is 5.18. The van der Waals surface area contributed by atoms with Gasteiger partial charge in [-0.2, -0.15) is 0 Å². The predicted molar refractivity (Wildman–Crippen MR) is 94.4 cm³/mol. The molecule has 0 aliphatic rings. The average Bonchev–Trinajstić information content (AvgIpc) is 2.55. The summed E-state index contributed by atoms with van der Waals surface area (Å²) in [5.74, 6) is 0.490. The van der Waals surface area contributed by atoms with E-state index >= 15 is 0 Å².